The first-order chi connectivity index (χ1) is 8.65. The predicted octanol–water partition coefficient (Wildman–Crippen LogP) is 2.00. The Morgan fingerprint density at radius 3 is 2.37 bits per heavy atom. The van der Waals surface area contributed by atoms with Crippen molar-refractivity contribution in [1.29, 1.82) is 0 Å². The summed E-state index contributed by atoms with van der Waals surface area (Å²) in [6, 6.07) is 0.228. The highest BCUT2D eigenvalue weighted by Crippen LogP contribution is 2.25. The molecule has 1 N–H and O–H groups in total. The number of hydrogen-bond acceptors (Lipinski definition) is 4. The molecule has 0 aliphatic carbocycles. The first-order valence-corrected chi connectivity index (χ1v) is 4.55. The van der Waals surface area contributed by atoms with E-state index in [1.807, 2.05) is 0 Å². The summed E-state index contributed by atoms with van der Waals surface area (Å²) in [5.41, 5.74) is -3.76. The van der Waals surface area contributed by atoms with Crippen LogP contribution in [-0.4, -0.2) is 24.4 Å². The molecular weight excluding hydrogens is 281 g/mol. The van der Waals surface area contributed by atoms with Crippen molar-refractivity contribution in [3.05, 3.63) is 27.5 Å². The molecule has 0 amide bonds. The van der Waals surface area contributed by atoms with Gasteiger partial charge in [-0.15, -0.1) is 13.2 Å². The summed E-state index contributed by atoms with van der Waals surface area (Å²) in [4.78, 5) is 24.0. The monoisotopic (exact) mass is 287 g/mol. The van der Waals surface area contributed by atoms with Crippen molar-refractivity contribution < 1.29 is 36.2 Å². The lowest BCUT2D eigenvalue weighted by Crippen LogP contribution is -2.24. The molecule has 0 spiro atoms. The van der Waals surface area contributed by atoms with Gasteiger partial charge in [0.2, 0.25) is 5.88 Å². The number of esters is 1. The number of aromatic nitrogens is 1. The number of alkyl halides is 5. The Bertz CT molecular complexity index is 536. The van der Waals surface area contributed by atoms with Gasteiger partial charge in [0, 0.05) is 6.07 Å². The van der Waals surface area contributed by atoms with Crippen molar-refractivity contribution in [1.82, 2.24) is 4.98 Å². The van der Waals surface area contributed by atoms with Crippen LogP contribution < -0.4 is 10.2 Å². The minimum Gasteiger partial charge on any atom is -0.465 e. The number of hydrogen-bond donors (Lipinski definition) is 1. The maximum absolute atomic E-state index is 12.6. The number of aromatic amines is 1. The molecule has 5 nitrogen and oxygen atoms in total. The van der Waals surface area contributed by atoms with Gasteiger partial charge >= 0.3 is 12.3 Å². The molecule has 0 aromatic carbocycles. The summed E-state index contributed by atoms with van der Waals surface area (Å²) in [6.45, 7) is 0. The van der Waals surface area contributed by atoms with E-state index in [4.69, 9.17) is 0 Å². The topological polar surface area (TPSA) is 68.4 Å². The van der Waals surface area contributed by atoms with Crippen molar-refractivity contribution in [2.75, 3.05) is 7.11 Å². The Morgan fingerprint density at radius 2 is 1.95 bits per heavy atom. The molecule has 19 heavy (non-hydrogen) atoms. The summed E-state index contributed by atoms with van der Waals surface area (Å²) in [6.07, 6.45) is -8.56. The lowest BCUT2D eigenvalue weighted by molar-refractivity contribution is -0.276. The SMILES string of the molecule is COC(=O)c1c(C(F)F)[nH]c(OC(F)(F)F)cc1=O. The molecule has 0 saturated carbocycles. The molecule has 0 atom stereocenters. The third kappa shape index (κ3) is 3.66. The number of ether oxygens (including phenoxy) is 2. The van der Waals surface area contributed by atoms with E-state index in [9.17, 15) is 31.5 Å². The highest BCUT2D eigenvalue weighted by atomic mass is 19.4. The molecule has 0 bridgehead atoms. The largest absolute Gasteiger partial charge is 0.574 e. The molecule has 1 heterocycles. The fourth-order valence-corrected chi connectivity index (χ4v) is 1.21. The van der Waals surface area contributed by atoms with Crippen LogP contribution >= 0.6 is 0 Å². The van der Waals surface area contributed by atoms with Gasteiger partial charge < -0.3 is 14.5 Å². The van der Waals surface area contributed by atoms with Gasteiger partial charge in [0.25, 0.3) is 6.43 Å². The zero-order valence-corrected chi connectivity index (χ0v) is 9.18. The third-order valence-corrected chi connectivity index (χ3v) is 1.87. The van der Waals surface area contributed by atoms with Crippen molar-refractivity contribution in [3.8, 4) is 5.88 Å². The fourth-order valence-electron chi connectivity index (χ4n) is 1.21. The Balaban J connectivity index is 3.38. The highest BCUT2D eigenvalue weighted by molar-refractivity contribution is 5.90. The lowest BCUT2D eigenvalue weighted by Gasteiger charge is -2.12. The van der Waals surface area contributed by atoms with Gasteiger partial charge in [-0.3, -0.25) is 4.79 Å². The van der Waals surface area contributed by atoms with Gasteiger partial charge in [-0.2, -0.15) is 0 Å². The minimum absolute atomic E-state index is 0.228. The van der Waals surface area contributed by atoms with Crippen molar-refractivity contribution in [2.24, 2.45) is 0 Å². The second-order valence-corrected chi connectivity index (χ2v) is 3.13. The summed E-state index contributed by atoms with van der Waals surface area (Å²) in [5.74, 6) is -2.64. The van der Waals surface area contributed by atoms with E-state index >= 15 is 0 Å². The van der Waals surface area contributed by atoms with Crippen LogP contribution in [0.25, 0.3) is 0 Å². The number of nitrogens with one attached hydrogen (secondary N) is 1. The van der Waals surface area contributed by atoms with E-state index in [0.29, 0.717) is 0 Å². The molecule has 1 rings (SSSR count). The van der Waals surface area contributed by atoms with Gasteiger partial charge in [-0.1, -0.05) is 0 Å². The molecule has 1 aromatic rings. The molecule has 106 valence electrons. The Morgan fingerprint density at radius 1 is 1.37 bits per heavy atom. The third-order valence-electron chi connectivity index (χ3n) is 1.87. The van der Waals surface area contributed by atoms with E-state index in [2.05, 4.69) is 9.47 Å². The van der Waals surface area contributed by atoms with Crippen molar-refractivity contribution in [2.45, 2.75) is 12.8 Å². The molecule has 1 aromatic heterocycles. The van der Waals surface area contributed by atoms with Gasteiger partial charge in [0.15, 0.2) is 5.43 Å². The second-order valence-electron chi connectivity index (χ2n) is 3.13. The summed E-state index contributed by atoms with van der Waals surface area (Å²) in [7, 11) is 0.831. The molecule has 0 aliphatic heterocycles. The summed E-state index contributed by atoms with van der Waals surface area (Å²) < 4.78 is 68.3. The lowest BCUT2D eigenvalue weighted by atomic mass is 10.2. The van der Waals surface area contributed by atoms with Gasteiger partial charge in [-0.05, 0) is 0 Å². The number of H-pyrrole nitrogens is 1. The van der Waals surface area contributed by atoms with Gasteiger partial charge in [0.05, 0.1) is 7.11 Å². The smallest absolute Gasteiger partial charge is 0.465 e. The zero-order chi connectivity index (χ0) is 14.8. The highest BCUT2D eigenvalue weighted by Gasteiger charge is 2.33. The van der Waals surface area contributed by atoms with E-state index in [1.165, 1.54) is 4.98 Å². The summed E-state index contributed by atoms with van der Waals surface area (Å²) in [5, 5.41) is 0. The van der Waals surface area contributed by atoms with E-state index in [-0.39, 0.29) is 6.07 Å². The quantitative estimate of drug-likeness (QED) is 0.682. The average molecular weight is 287 g/mol. The van der Waals surface area contributed by atoms with E-state index < -0.39 is 41.3 Å². The minimum atomic E-state index is -5.17. The normalized spacial score (nSPS) is 11.5. The first-order valence-electron chi connectivity index (χ1n) is 4.55. The Labute approximate surface area is 101 Å². The molecular formula is C9H6F5NO4. The molecule has 0 radical (unpaired) electrons. The molecule has 10 heteroatoms. The maximum Gasteiger partial charge on any atom is 0.574 e. The number of carbonyl (C=O) groups excluding carboxylic acids is 1. The van der Waals surface area contributed by atoms with Crippen LogP contribution in [0.4, 0.5) is 22.0 Å². The summed E-state index contributed by atoms with van der Waals surface area (Å²) >= 11 is 0. The van der Waals surface area contributed by atoms with Crippen LogP contribution in [0.15, 0.2) is 10.9 Å². The number of carbonyl (C=O) groups is 1. The van der Waals surface area contributed by atoms with Crippen molar-refractivity contribution in [3.63, 3.8) is 0 Å². The number of rotatable bonds is 3. The fraction of sp³-hybridized carbons (Fsp3) is 0.333. The number of methoxy groups -OCH3 is 1. The molecule has 0 aliphatic rings. The van der Waals surface area contributed by atoms with Crippen LogP contribution in [-0.2, 0) is 4.74 Å². The molecule has 0 fully saturated rings. The number of pyridine rings is 1. The van der Waals surface area contributed by atoms with Gasteiger partial charge in [-0.25, -0.2) is 13.6 Å². The van der Waals surface area contributed by atoms with E-state index in [0.717, 1.165) is 7.11 Å². The van der Waals surface area contributed by atoms with Crippen LogP contribution in [0, 0.1) is 0 Å². The number of halogens is 5. The molecule has 0 saturated heterocycles. The Hall–Kier alpha value is -2.13. The van der Waals surface area contributed by atoms with Gasteiger partial charge in [0.1, 0.15) is 11.3 Å². The van der Waals surface area contributed by atoms with E-state index in [1.54, 1.807) is 0 Å². The van der Waals surface area contributed by atoms with Crippen molar-refractivity contribution >= 4 is 5.97 Å². The van der Waals surface area contributed by atoms with Crippen LogP contribution in [0.5, 0.6) is 5.88 Å². The zero-order valence-electron chi connectivity index (χ0n) is 9.18. The van der Waals surface area contributed by atoms with Crippen LogP contribution in [0.1, 0.15) is 22.5 Å². The maximum atomic E-state index is 12.6. The second kappa shape index (κ2) is 5.24. The molecule has 0 unspecified atom stereocenters. The standard InChI is InChI=1S/C9H6F5NO4/c1-18-8(17)5-3(16)2-4(19-9(12,13)14)15-6(5)7(10)11/h2,7H,1H3,(H,15,16). The Kier molecular flexibility index (Phi) is 4.12. The predicted molar refractivity (Wildman–Crippen MR) is 50.0 cm³/mol. The first kappa shape index (κ1) is 14.9. The van der Waals surface area contributed by atoms with Crippen LogP contribution in [0.3, 0.4) is 0 Å². The van der Waals surface area contributed by atoms with Crippen LogP contribution in [0.2, 0.25) is 0 Å². The average Bonchev–Trinajstić information content (AvgIpc) is 2.24.